The van der Waals surface area contributed by atoms with E-state index < -0.39 is 12.1 Å². The Kier molecular flexibility index (Phi) is 12.3. The van der Waals surface area contributed by atoms with Crippen LogP contribution in [0.25, 0.3) is 10.8 Å². The number of aryl methyl sites for hydroxylation is 1. The van der Waals surface area contributed by atoms with Crippen LogP contribution in [0, 0.1) is 6.92 Å². The highest BCUT2D eigenvalue weighted by molar-refractivity contribution is 5.87. The highest BCUT2D eigenvalue weighted by Crippen LogP contribution is 2.19. The molecule has 6 heteroatoms. The second-order valence-corrected chi connectivity index (χ2v) is 7.26. The molecule has 0 saturated heterocycles. The van der Waals surface area contributed by atoms with Gasteiger partial charge in [-0.25, -0.2) is 9.59 Å². The number of rotatable bonds is 7. The van der Waals surface area contributed by atoms with Crippen molar-refractivity contribution in [2.24, 2.45) is 5.73 Å². The zero-order valence-electron chi connectivity index (χ0n) is 20.3. The van der Waals surface area contributed by atoms with Gasteiger partial charge in [0.2, 0.25) is 0 Å². The molecular formula is C27H36N2O4. The standard InChI is InChI=1S/C17H22N2O2.C8H8O2.C2H6/c1-3-19(4-2)11-13-5-7-16-10-14(12-21-17(18)20)6-8-15(16)9-13;1-6-2-4-7(5-3-6)8(9)10;1-2/h5-10H,3-4,11-12H2,1-2H3,(H2,18,20);2-5H,1H3,(H,9,10);1-2H3. The number of carbonyl (C=O) groups excluding carboxylic acids is 1. The van der Waals surface area contributed by atoms with Crippen LogP contribution >= 0.6 is 0 Å². The number of nitrogens with zero attached hydrogens (tertiary/aromatic N) is 1. The average Bonchev–Trinajstić information content (AvgIpc) is 2.83. The fourth-order valence-electron chi connectivity index (χ4n) is 3.09. The van der Waals surface area contributed by atoms with Gasteiger partial charge in [0, 0.05) is 6.54 Å². The maximum absolute atomic E-state index is 10.6. The van der Waals surface area contributed by atoms with Crippen molar-refractivity contribution >= 4 is 22.8 Å². The Bertz CT molecular complexity index is 1010. The molecule has 0 bridgehead atoms. The second kappa shape index (κ2) is 14.6. The Morgan fingerprint density at radius 2 is 1.39 bits per heavy atom. The van der Waals surface area contributed by atoms with E-state index in [0.29, 0.717) is 5.56 Å². The molecule has 0 aliphatic rings. The number of primary amides is 1. The first-order valence-corrected chi connectivity index (χ1v) is 11.3. The summed E-state index contributed by atoms with van der Waals surface area (Å²) in [6.45, 7) is 13.6. The van der Waals surface area contributed by atoms with Gasteiger partial charge in [0.05, 0.1) is 5.56 Å². The summed E-state index contributed by atoms with van der Waals surface area (Å²) in [6.07, 6.45) is -0.746. The lowest BCUT2D eigenvalue weighted by Gasteiger charge is -2.18. The maximum atomic E-state index is 10.6. The first kappa shape index (κ1) is 27.7. The molecule has 0 fully saturated rings. The van der Waals surface area contributed by atoms with E-state index in [4.69, 9.17) is 15.6 Å². The van der Waals surface area contributed by atoms with Crippen molar-refractivity contribution in [2.75, 3.05) is 13.1 Å². The molecule has 0 unspecified atom stereocenters. The van der Waals surface area contributed by atoms with Gasteiger partial charge in [-0.15, -0.1) is 0 Å². The normalized spacial score (nSPS) is 10.0. The lowest BCUT2D eigenvalue weighted by Crippen LogP contribution is -2.21. The first-order valence-electron chi connectivity index (χ1n) is 11.3. The number of fused-ring (bicyclic) bond motifs is 1. The van der Waals surface area contributed by atoms with E-state index in [-0.39, 0.29) is 6.61 Å². The minimum Gasteiger partial charge on any atom is -0.478 e. The minimum atomic E-state index is -0.875. The van der Waals surface area contributed by atoms with Gasteiger partial charge in [0.1, 0.15) is 6.61 Å². The quantitative estimate of drug-likeness (QED) is 0.459. The van der Waals surface area contributed by atoms with E-state index in [2.05, 4.69) is 43.0 Å². The highest BCUT2D eigenvalue weighted by Gasteiger charge is 2.04. The summed E-state index contributed by atoms with van der Waals surface area (Å²) in [5, 5.41) is 10.8. The number of carbonyl (C=O) groups is 2. The van der Waals surface area contributed by atoms with Crippen LogP contribution in [-0.2, 0) is 17.9 Å². The molecule has 0 atom stereocenters. The third-order valence-corrected chi connectivity index (χ3v) is 4.95. The van der Waals surface area contributed by atoms with Crippen LogP contribution in [0.1, 0.15) is 54.7 Å². The van der Waals surface area contributed by atoms with Crippen LogP contribution in [0.15, 0.2) is 60.7 Å². The monoisotopic (exact) mass is 452 g/mol. The van der Waals surface area contributed by atoms with Crippen molar-refractivity contribution in [3.05, 3.63) is 82.9 Å². The molecule has 0 aliphatic heterocycles. The van der Waals surface area contributed by atoms with Gasteiger partial charge >= 0.3 is 12.1 Å². The summed E-state index contributed by atoms with van der Waals surface area (Å²) in [6, 6.07) is 19.3. The van der Waals surface area contributed by atoms with Crippen LogP contribution in [0.4, 0.5) is 4.79 Å². The minimum absolute atomic E-state index is 0.215. The Morgan fingerprint density at radius 3 is 1.88 bits per heavy atom. The van der Waals surface area contributed by atoms with E-state index in [0.717, 1.165) is 36.1 Å². The van der Waals surface area contributed by atoms with E-state index in [1.165, 1.54) is 10.9 Å². The van der Waals surface area contributed by atoms with Gasteiger partial charge in [-0.05, 0) is 66.2 Å². The number of benzene rings is 3. The molecule has 3 aromatic rings. The summed E-state index contributed by atoms with van der Waals surface area (Å²) >= 11 is 0. The highest BCUT2D eigenvalue weighted by atomic mass is 16.5. The summed E-state index contributed by atoms with van der Waals surface area (Å²) in [5.74, 6) is -0.875. The molecule has 3 rings (SSSR count). The molecular weight excluding hydrogens is 416 g/mol. The lowest BCUT2D eigenvalue weighted by molar-refractivity contribution is 0.0696. The molecule has 6 nitrogen and oxygen atoms in total. The van der Waals surface area contributed by atoms with E-state index >= 15 is 0 Å². The van der Waals surface area contributed by atoms with Crippen molar-refractivity contribution < 1.29 is 19.4 Å². The van der Waals surface area contributed by atoms with Gasteiger partial charge in [0.15, 0.2) is 0 Å². The van der Waals surface area contributed by atoms with Crippen LogP contribution < -0.4 is 5.73 Å². The summed E-state index contributed by atoms with van der Waals surface area (Å²) < 4.78 is 4.81. The van der Waals surface area contributed by atoms with Gasteiger partial charge in [0.25, 0.3) is 0 Å². The molecule has 3 N–H and O–H groups in total. The number of aromatic carboxylic acids is 1. The zero-order chi connectivity index (χ0) is 24.8. The van der Waals surface area contributed by atoms with E-state index in [1.54, 1.807) is 24.3 Å². The van der Waals surface area contributed by atoms with Crippen molar-refractivity contribution in [1.29, 1.82) is 0 Å². The molecule has 0 heterocycles. The van der Waals surface area contributed by atoms with Crippen LogP contribution in [0.2, 0.25) is 0 Å². The van der Waals surface area contributed by atoms with Crippen molar-refractivity contribution in [3.8, 4) is 0 Å². The SMILES string of the molecule is CC.CCN(CC)Cc1ccc2cc(COC(N)=O)ccc2c1.Cc1ccc(C(=O)O)cc1. The first-order chi connectivity index (χ1) is 15.8. The molecule has 0 saturated carbocycles. The molecule has 0 radical (unpaired) electrons. The fourth-order valence-corrected chi connectivity index (χ4v) is 3.09. The van der Waals surface area contributed by atoms with Crippen LogP contribution in [0.3, 0.4) is 0 Å². The van der Waals surface area contributed by atoms with E-state index in [1.807, 2.05) is 32.9 Å². The third-order valence-electron chi connectivity index (χ3n) is 4.95. The maximum Gasteiger partial charge on any atom is 0.404 e. The summed E-state index contributed by atoms with van der Waals surface area (Å²) in [4.78, 5) is 23.3. The van der Waals surface area contributed by atoms with Crippen LogP contribution in [-0.4, -0.2) is 35.2 Å². The Labute approximate surface area is 197 Å². The van der Waals surface area contributed by atoms with Crippen LogP contribution in [0.5, 0.6) is 0 Å². The molecule has 0 spiro atoms. The number of hydrogen-bond donors (Lipinski definition) is 2. The Balaban J connectivity index is 0.000000380. The van der Waals surface area contributed by atoms with Crippen molar-refractivity contribution in [3.63, 3.8) is 0 Å². The topological polar surface area (TPSA) is 92.9 Å². The lowest BCUT2D eigenvalue weighted by atomic mass is 10.0. The van der Waals surface area contributed by atoms with Crippen molar-refractivity contribution in [2.45, 2.75) is 47.8 Å². The molecule has 0 aromatic heterocycles. The number of amides is 1. The van der Waals surface area contributed by atoms with Gasteiger partial charge in [-0.3, -0.25) is 4.90 Å². The average molecular weight is 453 g/mol. The predicted molar refractivity (Wildman–Crippen MR) is 134 cm³/mol. The molecule has 0 aliphatic carbocycles. The van der Waals surface area contributed by atoms with Gasteiger partial charge in [-0.2, -0.15) is 0 Å². The van der Waals surface area contributed by atoms with Gasteiger partial charge in [-0.1, -0.05) is 69.7 Å². The molecule has 178 valence electrons. The number of ether oxygens (including phenoxy) is 1. The zero-order valence-corrected chi connectivity index (χ0v) is 20.3. The molecule has 1 amide bonds. The number of carboxylic acids is 1. The fraction of sp³-hybridized carbons (Fsp3) is 0.333. The van der Waals surface area contributed by atoms with Crippen molar-refractivity contribution in [1.82, 2.24) is 4.90 Å². The molecule has 3 aromatic carbocycles. The largest absolute Gasteiger partial charge is 0.478 e. The number of hydrogen-bond acceptors (Lipinski definition) is 4. The second-order valence-electron chi connectivity index (χ2n) is 7.26. The summed E-state index contributed by atoms with van der Waals surface area (Å²) in [5.41, 5.74) is 8.65. The number of nitrogens with two attached hydrogens (primary N) is 1. The Hall–Kier alpha value is -3.38. The summed E-state index contributed by atoms with van der Waals surface area (Å²) in [7, 11) is 0. The number of carboxylic acid groups (broad SMARTS) is 1. The third kappa shape index (κ3) is 9.74. The van der Waals surface area contributed by atoms with E-state index in [9.17, 15) is 9.59 Å². The predicted octanol–water partition coefficient (Wildman–Crippen LogP) is 6.00. The Morgan fingerprint density at radius 1 is 0.879 bits per heavy atom. The molecule has 33 heavy (non-hydrogen) atoms. The smallest absolute Gasteiger partial charge is 0.404 e. The van der Waals surface area contributed by atoms with Gasteiger partial charge < -0.3 is 15.6 Å².